The Bertz CT molecular complexity index is 652. The number of hydrogen-bond acceptors (Lipinski definition) is 4. The fourth-order valence-corrected chi connectivity index (χ4v) is 5.33. The van der Waals surface area contributed by atoms with Crippen LogP contribution >= 0.6 is 0 Å². The molecule has 6 atom stereocenters. The second-order valence-corrected chi connectivity index (χ2v) is 9.49. The summed E-state index contributed by atoms with van der Waals surface area (Å²) < 4.78 is 18.2. The summed E-state index contributed by atoms with van der Waals surface area (Å²) in [7, 11) is 1.76. The minimum absolute atomic E-state index is 0.0890. The van der Waals surface area contributed by atoms with E-state index in [4.69, 9.17) is 14.2 Å². The molecule has 1 heterocycles. The van der Waals surface area contributed by atoms with E-state index >= 15 is 0 Å². The van der Waals surface area contributed by atoms with E-state index in [1.165, 1.54) is 12.8 Å². The van der Waals surface area contributed by atoms with Crippen LogP contribution in [0.2, 0.25) is 0 Å². The van der Waals surface area contributed by atoms with E-state index in [1.54, 1.807) is 7.11 Å². The number of epoxide rings is 1. The van der Waals surface area contributed by atoms with Crippen molar-refractivity contribution < 1.29 is 19.0 Å². The lowest BCUT2D eigenvalue weighted by atomic mass is 9.64. The van der Waals surface area contributed by atoms with Crippen LogP contribution in [-0.4, -0.2) is 37.5 Å². The van der Waals surface area contributed by atoms with Gasteiger partial charge in [0.25, 0.3) is 0 Å². The summed E-state index contributed by atoms with van der Waals surface area (Å²) in [6, 6.07) is 9.27. The molecule has 3 rings (SSSR count). The molecule has 1 saturated heterocycles. The number of rotatable bonds is 9. The van der Waals surface area contributed by atoms with Crippen LogP contribution in [0.25, 0.3) is 0 Å². The molecule has 1 aromatic rings. The molecule has 1 spiro atoms. The summed E-state index contributed by atoms with van der Waals surface area (Å²) in [5.41, 5.74) is 0.510. The Kier molecular flexibility index (Phi) is 7.39. The average Bonchev–Trinajstić information content (AvgIpc) is 3.48. The molecule has 1 aliphatic carbocycles. The van der Waals surface area contributed by atoms with Crippen molar-refractivity contribution >= 4 is 5.97 Å². The van der Waals surface area contributed by atoms with Crippen LogP contribution < -0.4 is 0 Å². The van der Waals surface area contributed by atoms with Gasteiger partial charge in [-0.2, -0.15) is 0 Å². The van der Waals surface area contributed by atoms with Gasteiger partial charge in [-0.3, -0.25) is 0 Å². The lowest BCUT2D eigenvalue weighted by Gasteiger charge is -2.47. The number of methoxy groups -OCH3 is 1. The van der Waals surface area contributed by atoms with Gasteiger partial charge in [-0.15, -0.1) is 0 Å². The maximum atomic E-state index is 12.8. The van der Waals surface area contributed by atoms with Crippen molar-refractivity contribution in [2.24, 2.45) is 23.7 Å². The van der Waals surface area contributed by atoms with Gasteiger partial charge in [0.05, 0.1) is 17.8 Å². The first-order valence-electron chi connectivity index (χ1n) is 11.3. The SMILES string of the molecule is CCC1CC2(CO2)C(C(C)CCCC(C)C)C(OC)C1OC(=O)c1ccccc1. The van der Waals surface area contributed by atoms with Crippen LogP contribution in [0.3, 0.4) is 0 Å². The Morgan fingerprint density at radius 1 is 1.17 bits per heavy atom. The summed E-state index contributed by atoms with van der Waals surface area (Å²) in [4.78, 5) is 12.8. The molecule has 0 bridgehead atoms. The molecular weight excluding hydrogens is 364 g/mol. The highest BCUT2D eigenvalue weighted by atomic mass is 16.6. The second kappa shape index (κ2) is 9.61. The van der Waals surface area contributed by atoms with Crippen molar-refractivity contribution in [3.8, 4) is 0 Å². The summed E-state index contributed by atoms with van der Waals surface area (Å²) in [5.74, 6) is 1.46. The summed E-state index contributed by atoms with van der Waals surface area (Å²) in [6.07, 6.45) is 5.16. The highest BCUT2D eigenvalue weighted by Gasteiger charge is 2.63. The van der Waals surface area contributed by atoms with Crippen LogP contribution in [0.15, 0.2) is 30.3 Å². The number of carbonyl (C=O) groups is 1. The minimum atomic E-state index is -0.255. The Morgan fingerprint density at radius 2 is 1.86 bits per heavy atom. The molecule has 162 valence electrons. The molecule has 4 nitrogen and oxygen atoms in total. The van der Waals surface area contributed by atoms with Crippen molar-refractivity contribution in [3.05, 3.63) is 35.9 Å². The van der Waals surface area contributed by atoms with Gasteiger partial charge in [-0.05, 0) is 36.8 Å². The molecule has 1 aliphatic heterocycles. The van der Waals surface area contributed by atoms with Crippen LogP contribution in [-0.2, 0) is 14.2 Å². The molecule has 0 N–H and O–H groups in total. The first kappa shape index (κ1) is 22.3. The lowest BCUT2D eigenvalue weighted by Crippen LogP contribution is -2.56. The van der Waals surface area contributed by atoms with Crippen molar-refractivity contribution in [2.75, 3.05) is 13.7 Å². The van der Waals surface area contributed by atoms with Crippen LogP contribution in [0.1, 0.15) is 70.2 Å². The first-order valence-corrected chi connectivity index (χ1v) is 11.3. The fraction of sp³-hybridized carbons (Fsp3) is 0.720. The fourth-order valence-electron chi connectivity index (χ4n) is 5.33. The van der Waals surface area contributed by atoms with Crippen LogP contribution in [0, 0.1) is 23.7 Å². The lowest BCUT2D eigenvalue weighted by molar-refractivity contribution is -0.141. The van der Waals surface area contributed by atoms with Crippen molar-refractivity contribution in [1.29, 1.82) is 0 Å². The van der Waals surface area contributed by atoms with Gasteiger partial charge in [-0.25, -0.2) is 4.79 Å². The number of carbonyl (C=O) groups excluding carboxylic acids is 1. The Balaban J connectivity index is 1.78. The monoisotopic (exact) mass is 402 g/mol. The minimum Gasteiger partial charge on any atom is -0.456 e. The maximum Gasteiger partial charge on any atom is 0.338 e. The van der Waals surface area contributed by atoms with E-state index in [0.717, 1.165) is 31.8 Å². The molecule has 4 heteroatoms. The van der Waals surface area contributed by atoms with Gasteiger partial charge < -0.3 is 14.2 Å². The number of esters is 1. The zero-order valence-electron chi connectivity index (χ0n) is 18.7. The van der Waals surface area contributed by atoms with Crippen LogP contribution in [0.4, 0.5) is 0 Å². The van der Waals surface area contributed by atoms with Gasteiger partial charge in [0.15, 0.2) is 0 Å². The van der Waals surface area contributed by atoms with Gasteiger partial charge in [-0.1, -0.05) is 65.2 Å². The zero-order chi connectivity index (χ0) is 21.0. The average molecular weight is 403 g/mol. The molecular formula is C25H38O4. The van der Waals surface area contributed by atoms with E-state index in [9.17, 15) is 4.79 Å². The largest absolute Gasteiger partial charge is 0.456 e. The number of hydrogen-bond donors (Lipinski definition) is 0. The standard InChI is InChI=1S/C25H38O4/c1-6-19-15-25(16-28-25)21(18(4)12-10-11-17(2)3)23(27-5)22(19)29-24(26)20-13-8-7-9-14-20/h7-9,13-14,17-19,21-23H,6,10-12,15-16H2,1-5H3. The number of benzene rings is 1. The topological polar surface area (TPSA) is 48.1 Å². The second-order valence-electron chi connectivity index (χ2n) is 9.49. The molecule has 2 aliphatic rings. The third-order valence-corrected chi connectivity index (χ3v) is 6.98. The van der Waals surface area contributed by atoms with E-state index in [2.05, 4.69) is 27.7 Å². The third-order valence-electron chi connectivity index (χ3n) is 6.98. The smallest absolute Gasteiger partial charge is 0.338 e. The highest BCUT2D eigenvalue weighted by molar-refractivity contribution is 5.89. The predicted octanol–water partition coefficient (Wildman–Crippen LogP) is 5.50. The molecule has 2 fully saturated rings. The van der Waals surface area contributed by atoms with Gasteiger partial charge in [0.2, 0.25) is 0 Å². The molecule has 0 aromatic heterocycles. The molecule has 1 saturated carbocycles. The number of ether oxygens (including phenoxy) is 3. The molecule has 0 amide bonds. The van der Waals surface area contributed by atoms with E-state index in [1.807, 2.05) is 30.3 Å². The molecule has 0 radical (unpaired) electrons. The Hall–Kier alpha value is -1.39. The predicted molar refractivity (Wildman–Crippen MR) is 115 cm³/mol. The summed E-state index contributed by atoms with van der Waals surface area (Å²) >= 11 is 0. The Morgan fingerprint density at radius 3 is 2.41 bits per heavy atom. The van der Waals surface area contributed by atoms with Gasteiger partial charge >= 0.3 is 5.97 Å². The van der Waals surface area contributed by atoms with Gasteiger partial charge in [0, 0.05) is 18.9 Å². The maximum absolute atomic E-state index is 12.8. The first-order chi connectivity index (χ1) is 13.9. The normalized spacial score (nSPS) is 32.3. The van der Waals surface area contributed by atoms with E-state index < -0.39 is 0 Å². The van der Waals surface area contributed by atoms with Crippen molar-refractivity contribution in [1.82, 2.24) is 0 Å². The third kappa shape index (κ3) is 5.03. The molecule has 29 heavy (non-hydrogen) atoms. The molecule has 6 unspecified atom stereocenters. The molecule has 1 aromatic carbocycles. The van der Waals surface area contributed by atoms with Crippen LogP contribution in [0.5, 0.6) is 0 Å². The Labute approximate surface area is 176 Å². The van der Waals surface area contributed by atoms with E-state index in [-0.39, 0.29) is 35.6 Å². The van der Waals surface area contributed by atoms with Crippen molar-refractivity contribution in [2.45, 2.75) is 77.6 Å². The zero-order valence-corrected chi connectivity index (χ0v) is 18.7. The van der Waals surface area contributed by atoms with Gasteiger partial charge in [0.1, 0.15) is 12.2 Å². The highest BCUT2D eigenvalue weighted by Crippen LogP contribution is 2.54. The van der Waals surface area contributed by atoms with Crippen molar-refractivity contribution in [3.63, 3.8) is 0 Å². The summed E-state index contributed by atoms with van der Waals surface area (Å²) in [5, 5.41) is 0. The quantitative estimate of drug-likeness (QED) is 0.404. The van der Waals surface area contributed by atoms with E-state index in [0.29, 0.717) is 11.5 Å². The summed E-state index contributed by atoms with van der Waals surface area (Å²) in [6.45, 7) is 9.85.